The summed E-state index contributed by atoms with van der Waals surface area (Å²) in [6, 6.07) is 48.3. The van der Waals surface area contributed by atoms with E-state index in [9.17, 15) is 0 Å². The highest BCUT2D eigenvalue weighted by Gasteiger charge is 2.36. The molecule has 0 spiro atoms. The molecule has 0 aliphatic heterocycles. The standard InChI is InChI=1S/C42H29N3O/c1-42(2)35-20-12-11-18-30(35)33-25-38-34(24-36(33)42)31-22-21-28(23-37(31)46-38)40-43-39(27-15-7-4-8-16-27)44-41(45-40)32-19-10-9-17-29(32)26-13-5-3-6-14-26/h3-25H,1-2H3. The molecule has 0 saturated carbocycles. The van der Waals surface area contributed by atoms with Gasteiger partial charge in [0.1, 0.15) is 11.2 Å². The van der Waals surface area contributed by atoms with E-state index < -0.39 is 0 Å². The molecule has 6 aromatic carbocycles. The van der Waals surface area contributed by atoms with E-state index in [1.807, 2.05) is 42.5 Å². The molecule has 2 heterocycles. The van der Waals surface area contributed by atoms with E-state index in [0.717, 1.165) is 49.8 Å². The Balaban J connectivity index is 1.22. The van der Waals surface area contributed by atoms with Gasteiger partial charge >= 0.3 is 0 Å². The highest BCUT2D eigenvalue weighted by atomic mass is 16.3. The molecule has 1 aliphatic carbocycles. The second-order valence-corrected chi connectivity index (χ2v) is 12.5. The van der Waals surface area contributed by atoms with Crippen LogP contribution in [0.25, 0.3) is 78.4 Å². The Labute approximate surface area is 267 Å². The summed E-state index contributed by atoms with van der Waals surface area (Å²) < 4.78 is 6.56. The van der Waals surface area contributed by atoms with Gasteiger partial charge < -0.3 is 4.42 Å². The van der Waals surface area contributed by atoms with Crippen molar-refractivity contribution in [3.05, 3.63) is 151 Å². The minimum absolute atomic E-state index is 0.0746. The molecule has 0 amide bonds. The highest BCUT2D eigenvalue weighted by molar-refractivity contribution is 6.08. The zero-order valence-electron chi connectivity index (χ0n) is 25.5. The van der Waals surface area contributed by atoms with Crippen LogP contribution in [0.3, 0.4) is 0 Å². The van der Waals surface area contributed by atoms with E-state index in [2.05, 4.69) is 111 Å². The van der Waals surface area contributed by atoms with Crippen molar-refractivity contribution in [2.75, 3.05) is 0 Å². The van der Waals surface area contributed by atoms with Gasteiger partial charge in [-0.25, -0.2) is 15.0 Å². The first-order chi connectivity index (χ1) is 22.5. The van der Waals surface area contributed by atoms with E-state index in [4.69, 9.17) is 19.4 Å². The third-order valence-corrected chi connectivity index (χ3v) is 9.35. The molecule has 0 unspecified atom stereocenters. The lowest BCUT2D eigenvalue weighted by Gasteiger charge is -2.21. The lowest BCUT2D eigenvalue weighted by Crippen LogP contribution is -2.14. The number of rotatable bonds is 4. The third kappa shape index (κ3) is 4.11. The first-order valence-corrected chi connectivity index (χ1v) is 15.6. The van der Waals surface area contributed by atoms with E-state index >= 15 is 0 Å². The number of aromatic nitrogens is 3. The molecule has 0 atom stereocenters. The SMILES string of the molecule is CC1(C)c2ccccc2-c2cc3oc4cc(-c5nc(-c6ccccc6)nc(-c6ccccc6-c6ccccc6)n5)ccc4c3cc21. The van der Waals surface area contributed by atoms with Crippen molar-refractivity contribution in [1.29, 1.82) is 0 Å². The van der Waals surface area contributed by atoms with Crippen molar-refractivity contribution in [2.45, 2.75) is 19.3 Å². The number of hydrogen-bond acceptors (Lipinski definition) is 4. The van der Waals surface area contributed by atoms with Crippen molar-refractivity contribution < 1.29 is 4.42 Å². The molecule has 2 aromatic heterocycles. The zero-order valence-corrected chi connectivity index (χ0v) is 25.5. The largest absolute Gasteiger partial charge is 0.456 e. The fourth-order valence-electron chi connectivity index (χ4n) is 7.00. The van der Waals surface area contributed by atoms with Gasteiger partial charge in [0, 0.05) is 32.9 Å². The zero-order chi connectivity index (χ0) is 30.8. The average Bonchev–Trinajstić information content (AvgIpc) is 3.58. The van der Waals surface area contributed by atoms with Crippen molar-refractivity contribution in [3.8, 4) is 56.4 Å². The molecule has 0 radical (unpaired) electrons. The highest BCUT2D eigenvalue weighted by Crippen LogP contribution is 2.50. The topological polar surface area (TPSA) is 51.8 Å². The Kier molecular flexibility index (Phi) is 5.81. The van der Waals surface area contributed by atoms with Gasteiger partial charge in [-0.3, -0.25) is 0 Å². The molecular formula is C42H29N3O. The van der Waals surface area contributed by atoms with Gasteiger partial charge in [-0.2, -0.15) is 0 Å². The summed E-state index contributed by atoms with van der Waals surface area (Å²) in [5, 5.41) is 2.21. The fraction of sp³-hybridized carbons (Fsp3) is 0.0714. The summed E-state index contributed by atoms with van der Waals surface area (Å²) in [6.45, 7) is 4.62. The lowest BCUT2D eigenvalue weighted by molar-refractivity contribution is 0.658. The predicted molar refractivity (Wildman–Crippen MR) is 186 cm³/mol. The maximum atomic E-state index is 6.56. The summed E-state index contributed by atoms with van der Waals surface area (Å²) in [5.41, 5.74) is 11.8. The Morgan fingerprint density at radius 1 is 0.413 bits per heavy atom. The first-order valence-electron chi connectivity index (χ1n) is 15.6. The van der Waals surface area contributed by atoms with E-state index in [1.165, 1.54) is 22.3 Å². The van der Waals surface area contributed by atoms with Crippen molar-refractivity contribution >= 4 is 21.9 Å². The van der Waals surface area contributed by atoms with Gasteiger partial charge in [0.2, 0.25) is 0 Å². The maximum absolute atomic E-state index is 6.56. The van der Waals surface area contributed by atoms with Crippen molar-refractivity contribution in [3.63, 3.8) is 0 Å². The van der Waals surface area contributed by atoms with Crippen LogP contribution in [-0.4, -0.2) is 15.0 Å². The Hall–Kier alpha value is -5.87. The first kappa shape index (κ1) is 26.5. The molecule has 4 nitrogen and oxygen atoms in total. The van der Waals surface area contributed by atoms with Crippen molar-refractivity contribution in [2.24, 2.45) is 0 Å². The Morgan fingerprint density at radius 2 is 1.00 bits per heavy atom. The van der Waals surface area contributed by atoms with Gasteiger partial charge in [0.15, 0.2) is 17.5 Å². The van der Waals surface area contributed by atoms with Crippen LogP contribution in [0.4, 0.5) is 0 Å². The van der Waals surface area contributed by atoms with Crippen LogP contribution in [0.15, 0.2) is 144 Å². The van der Waals surface area contributed by atoms with Crippen LogP contribution in [-0.2, 0) is 5.41 Å². The average molecular weight is 592 g/mol. The van der Waals surface area contributed by atoms with Gasteiger partial charge in [-0.05, 0) is 57.6 Å². The second kappa shape index (κ2) is 10.1. The normalized spacial score (nSPS) is 13.2. The summed E-state index contributed by atoms with van der Waals surface area (Å²) in [5.74, 6) is 1.86. The lowest BCUT2D eigenvalue weighted by atomic mass is 9.82. The minimum Gasteiger partial charge on any atom is -0.456 e. The molecule has 1 aliphatic rings. The van der Waals surface area contributed by atoms with E-state index in [-0.39, 0.29) is 5.41 Å². The molecule has 0 N–H and O–H groups in total. The molecule has 8 aromatic rings. The van der Waals surface area contributed by atoms with Crippen LogP contribution in [0.5, 0.6) is 0 Å². The molecule has 9 rings (SSSR count). The van der Waals surface area contributed by atoms with E-state index in [0.29, 0.717) is 17.5 Å². The molecule has 0 fully saturated rings. The Bertz CT molecular complexity index is 2440. The summed E-state index contributed by atoms with van der Waals surface area (Å²) in [6.07, 6.45) is 0. The molecule has 4 heteroatoms. The monoisotopic (exact) mass is 591 g/mol. The molecule has 46 heavy (non-hydrogen) atoms. The molecule has 218 valence electrons. The quantitative estimate of drug-likeness (QED) is 0.204. The van der Waals surface area contributed by atoms with Crippen molar-refractivity contribution in [1.82, 2.24) is 15.0 Å². The summed E-state index contributed by atoms with van der Waals surface area (Å²) in [7, 11) is 0. The molecular weight excluding hydrogens is 562 g/mol. The number of fused-ring (bicyclic) bond motifs is 6. The van der Waals surface area contributed by atoms with Gasteiger partial charge in [0.25, 0.3) is 0 Å². The molecule has 0 saturated heterocycles. The third-order valence-electron chi connectivity index (χ3n) is 9.35. The summed E-state index contributed by atoms with van der Waals surface area (Å²) in [4.78, 5) is 15.1. The second-order valence-electron chi connectivity index (χ2n) is 12.5. The van der Waals surface area contributed by atoms with E-state index in [1.54, 1.807) is 0 Å². The number of hydrogen-bond donors (Lipinski definition) is 0. The minimum atomic E-state index is -0.0746. The van der Waals surface area contributed by atoms with Gasteiger partial charge in [-0.15, -0.1) is 0 Å². The van der Waals surface area contributed by atoms with Crippen LogP contribution in [0.2, 0.25) is 0 Å². The predicted octanol–water partition coefficient (Wildman–Crippen LogP) is 10.7. The fourth-order valence-corrected chi connectivity index (χ4v) is 7.00. The number of furan rings is 1. The van der Waals surface area contributed by atoms with Crippen LogP contribution in [0.1, 0.15) is 25.0 Å². The van der Waals surface area contributed by atoms with Gasteiger partial charge in [-0.1, -0.05) is 129 Å². The number of nitrogens with zero attached hydrogens (tertiary/aromatic N) is 3. The smallest absolute Gasteiger partial charge is 0.164 e. The number of benzene rings is 6. The maximum Gasteiger partial charge on any atom is 0.164 e. The van der Waals surface area contributed by atoms with Gasteiger partial charge in [0.05, 0.1) is 0 Å². The summed E-state index contributed by atoms with van der Waals surface area (Å²) >= 11 is 0. The van der Waals surface area contributed by atoms with Crippen LogP contribution >= 0.6 is 0 Å². The van der Waals surface area contributed by atoms with Crippen LogP contribution < -0.4 is 0 Å². The Morgan fingerprint density at radius 3 is 1.76 bits per heavy atom. The van der Waals surface area contributed by atoms with Crippen LogP contribution in [0, 0.1) is 0 Å². The molecule has 0 bridgehead atoms.